The van der Waals surface area contributed by atoms with Crippen LogP contribution in [0.1, 0.15) is 48.0 Å². The molecule has 192 valence electrons. The number of hydrogen-bond donors (Lipinski definition) is 0. The number of ether oxygens (including phenoxy) is 3. The third kappa shape index (κ3) is 4.57. The molecule has 1 atom stereocenters. The Bertz CT molecular complexity index is 1310. The Labute approximate surface area is 218 Å². The first kappa shape index (κ1) is 26.0. The number of halogens is 1. The average molecular weight is 559 g/mol. The fourth-order valence-corrected chi connectivity index (χ4v) is 5.19. The average Bonchev–Trinajstić information content (AvgIpc) is 3.17. The van der Waals surface area contributed by atoms with Crippen molar-refractivity contribution in [2.75, 3.05) is 47.5 Å². The Morgan fingerprint density at radius 3 is 2.25 bits per heavy atom. The van der Waals surface area contributed by atoms with Gasteiger partial charge in [0.05, 0.1) is 38.3 Å². The number of amides is 1. The Morgan fingerprint density at radius 1 is 1.00 bits per heavy atom. The molecule has 4 rings (SSSR count). The molecule has 1 aliphatic rings. The summed E-state index contributed by atoms with van der Waals surface area (Å²) < 4.78 is 23.4. The van der Waals surface area contributed by atoms with Crippen LogP contribution in [0.15, 0.2) is 44.0 Å². The number of hydrogen-bond acceptors (Lipinski definition) is 7. The van der Waals surface area contributed by atoms with E-state index in [0.717, 1.165) is 30.5 Å². The molecule has 0 unspecified atom stereocenters. The summed E-state index contributed by atoms with van der Waals surface area (Å²) in [5.74, 6) is 1.12. The quantitative estimate of drug-likeness (QED) is 0.351. The molecule has 36 heavy (non-hydrogen) atoms. The van der Waals surface area contributed by atoms with E-state index in [9.17, 15) is 9.59 Å². The SMILES string of the molecule is CCN(CC)CCCN1C(=O)c2oc3ccc(Br)cc3c(=O)c2[C@@H]1c1cc(OC)c(OC)c(OC)c1. The van der Waals surface area contributed by atoms with E-state index in [0.29, 0.717) is 45.9 Å². The van der Waals surface area contributed by atoms with Gasteiger partial charge in [0.1, 0.15) is 5.58 Å². The maximum atomic E-state index is 13.8. The lowest BCUT2D eigenvalue weighted by Gasteiger charge is -2.27. The molecule has 0 radical (unpaired) electrons. The van der Waals surface area contributed by atoms with Crippen LogP contribution in [0.4, 0.5) is 0 Å². The number of carbonyl (C=O) groups excluding carboxylic acids is 1. The van der Waals surface area contributed by atoms with Gasteiger partial charge in [-0.1, -0.05) is 29.8 Å². The second kappa shape index (κ2) is 10.9. The predicted molar refractivity (Wildman–Crippen MR) is 142 cm³/mol. The number of fused-ring (bicyclic) bond motifs is 2. The van der Waals surface area contributed by atoms with Crippen LogP contribution in [0.25, 0.3) is 11.0 Å². The number of rotatable bonds is 10. The van der Waals surface area contributed by atoms with Gasteiger partial charge in [-0.25, -0.2) is 0 Å². The van der Waals surface area contributed by atoms with E-state index >= 15 is 0 Å². The summed E-state index contributed by atoms with van der Waals surface area (Å²) in [6.07, 6.45) is 0.752. The molecule has 1 amide bonds. The lowest BCUT2D eigenvalue weighted by Crippen LogP contribution is -2.33. The van der Waals surface area contributed by atoms with Crippen molar-refractivity contribution in [1.82, 2.24) is 9.80 Å². The molecule has 3 aromatic rings. The van der Waals surface area contributed by atoms with Crippen molar-refractivity contribution in [3.05, 3.63) is 61.9 Å². The van der Waals surface area contributed by atoms with Gasteiger partial charge in [-0.3, -0.25) is 9.59 Å². The minimum Gasteiger partial charge on any atom is -0.493 e. The molecule has 1 aliphatic heterocycles. The fraction of sp³-hybridized carbons (Fsp3) is 0.407. The summed E-state index contributed by atoms with van der Waals surface area (Å²) >= 11 is 3.44. The molecule has 0 spiro atoms. The summed E-state index contributed by atoms with van der Waals surface area (Å²) in [5.41, 5.74) is 1.15. The highest BCUT2D eigenvalue weighted by molar-refractivity contribution is 9.10. The molecular weight excluding hydrogens is 528 g/mol. The molecule has 0 saturated carbocycles. The maximum absolute atomic E-state index is 13.8. The molecule has 0 aliphatic carbocycles. The third-order valence-electron chi connectivity index (χ3n) is 6.70. The largest absolute Gasteiger partial charge is 0.493 e. The van der Waals surface area contributed by atoms with E-state index in [1.807, 2.05) is 0 Å². The van der Waals surface area contributed by atoms with Crippen molar-refractivity contribution >= 4 is 32.8 Å². The van der Waals surface area contributed by atoms with E-state index < -0.39 is 6.04 Å². The zero-order valence-corrected chi connectivity index (χ0v) is 22.8. The van der Waals surface area contributed by atoms with Crippen LogP contribution in [0.5, 0.6) is 17.2 Å². The molecule has 2 aromatic carbocycles. The van der Waals surface area contributed by atoms with Gasteiger partial charge in [0, 0.05) is 11.0 Å². The zero-order chi connectivity index (χ0) is 26.0. The van der Waals surface area contributed by atoms with Gasteiger partial charge in [0.25, 0.3) is 5.91 Å². The van der Waals surface area contributed by atoms with E-state index in [2.05, 4.69) is 34.7 Å². The van der Waals surface area contributed by atoms with Crippen LogP contribution in [-0.4, -0.2) is 63.2 Å². The van der Waals surface area contributed by atoms with Crippen molar-refractivity contribution in [3.8, 4) is 17.2 Å². The summed E-state index contributed by atoms with van der Waals surface area (Å²) in [6.45, 7) is 7.39. The van der Waals surface area contributed by atoms with E-state index in [-0.39, 0.29) is 17.1 Å². The first-order valence-electron chi connectivity index (χ1n) is 12.0. The second-order valence-corrected chi connectivity index (χ2v) is 9.47. The molecular formula is C27H31BrN2O6. The normalized spacial score (nSPS) is 15.0. The van der Waals surface area contributed by atoms with Crippen LogP contribution in [0, 0.1) is 0 Å². The van der Waals surface area contributed by atoms with Gasteiger partial charge in [0.2, 0.25) is 11.5 Å². The van der Waals surface area contributed by atoms with Crippen molar-refractivity contribution in [2.24, 2.45) is 0 Å². The lowest BCUT2D eigenvalue weighted by molar-refractivity contribution is 0.0719. The highest BCUT2D eigenvalue weighted by atomic mass is 79.9. The Kier molecular flexibility index (Phi) is 7.90. The summed E-state index contributed by atoms with van der Waals surface area (Å²) in [7, 11) is 4.61. The summed E-state index contributed by atoms with van der Waals surface area (Å²) in [6, 6.07) is 8.13. The maximum Gasteiger partial charge on any atom is 0.290 e. The molecule has 0 fully saturated rings. The third-order valence-corrected chi connectivity index (χ3v) is 7.19. The minimum atomic E-state index is -0.655. The zero-order valence-electron chi connectivity index (χ0n) is 21.2. The van der Waals surface area contributed by atoms with Gasteiger partial charge in [0.15, 0.2) is 16.9 Å². The van der Waals surface area contributed by atoms with Crippen molar-refractivity contribution < 1.29 is 23.4 Å². The van der Waals surface area contributed by atoms with E-state index in [1.165, 1.54) is 21.3 Å². The van der Waals surface area contributed by atoms with Crippen LogP contribution in [-0.2, 0) is 0 Å². The number of nitrogens with zero attached hydrogens (tertiary/aromatic N) is 2. The lowest BCUT2D eigenvalue weighted by atomic mass is 9.97. The highest BCUT2D eigenvalue weighted by Crippen LogP contribution is 2.45. The molecule has 1 aromatic heterocycles. The standard InChI is InChI=1S/C27H31BrN2O6/c1-6-29(7-2)11-8-12-30-23(16-13-20(33-3)25(35-5)21(14-16)34-4)22-24(31)18-15-17(28)9-10-19(18)36-26(22)27(30)32/h9-10,13-15,23H,6-8,11-12H2,1-5H3/t23-/m0/s1. The number of benzene rings is 2. The van der Waals surface area contributed by atoms with E-state index in [4.69, 9.17) is 18.6 Å². The predicted octanol–water partition coefficient (Wildman–Crippen LogP) is 4.86. The number of carbonyl (C=O) groups is 1. The Morgan fingerprint density at radius 2 is 1.67 bits per heavy atom. The molecule has 0 bridgehead atoms. The second-order valence-electron chi connectivity index (χ2n) is 8.55. The summed E-state index contributed by atoms with van der Waals surface area (Å²) in [4.78, 5) is 31.5. The van der Waals surface area contributed by atoms with E-state index in [1.54, 1.807) is 35.2 Å². The van der Waals surface area contributed by atoms with Crippen LogP contribution in [0.3, 0.4) is 0 Å². The van der Waals surface area contributed by atoms with Crippen LogP contribution >= 0.6 is 15.9 Å². The first-order chi connectivity index (χ1) is 17.4. The van der Waals surface area contributed by atoms with Crippen LogP contribution < -0.4 is 19.6 Å². The number of methoxy groups -OCH3 is 3. The van der Waals surface area contributed by atoms with Crippen molar-refractivity contribution in [1.29, 1.82) is 0 Å². The molecule has 8 nitrogen and oxygen atoms in total. The summed E-state index contributed by atoms with van der Waals surface area (Å²) in [5, 5.41) is 0.415. The van der Waals surface area contributed by atoms with Gasteiger partial charge >= 0.3 is 0 Å². The topological polar surface area (TPSA) is 81.5 Å². The van der Waals surface area contributed by atoms with Gasteiger partial charge in [-0.05, 0) is 62.0 Å². The van der Waals surface area contributed by atoms with Gasteiger partial charge in [-0.15, -0.1) is 0 Å². The fourth-order valence-electron chi connectivity index (χ4n) is 4.83. The Hall–Kier alpha value is -3.04. The minimum absolute atomic E-state index is 0.0800. The van der Waals surface area contributed by atoms with Gasteiger partial charge in [-0.2, -0.15) is 0 Å². The Balaban J connectivity index is 1.89. The van der Waals surface area contributed by atoms with Crippen molar-refractivity contribution in [2.45, 2.75) is 26.3 Å². The van der Waals surface area contributed by atoms with Crippen LogP contribution in [0.2, 0.25) is 0 Å². The molecule has 2 heterocycles. The van der Waals surface area contributed by atoms with Crippen molar-refractivity contribution in [3.63, 3.8) is 0 Å². The molecule has 0 N–H and O–H groups in total. The monoisotopic (exact) mass is 558 g/mol. The highest BCUT2D eigenvalue weighted by Gasteiger charge is 2.43. The van der Waals surface area contributed by atoms with Gasteiger partial charge < -0.3 is 28.4 Å². The molecule has 0 saturated heterocycles. The first-order valence-corrected chi connectivity index (χ1v) is 12.8. The smallest absolute Gasteiger partial charge is 0.290 e. The molecule has 9 heteroatoms.